The van der Waals surface area contributed by atoms with Crippen molar-refractivity contribution in [3.05, 3.63) is 41.1 Å². The van der Waals surface area contributed by atoms with E-state index in [4.69, 9.17) is 9.84 Å². The third-order valence-corrected chi connectivity index (χ3v) is 2.71. The lowest BCUT2D eigenvalue weighted by Gasteiger charge is -2.12. The van der Waals surface area contributed by atoms with Gasteiger partial charge in [-0.05, 0) is 25.1 Å². The normalized spacial score (nSPS) is 11.5. The van der Waals surface area contributed by atoms with Crippen LogP contribution in [0.1, 0.15) is 21.6 Å². The van der Waals surface area contributed by atoms with Gasteiger partial charge in [0.25, 0.3) is 0 Å². The zero-order valence-corrected chi connectivity index (χ0v) is 11.1. The molecule has 1 heterocycles. The van der Waals surface area contributed by atoms with E-state index in [9.17, 15) is 18.0 Å². The number of nitrogens with zero attached hydrogens (tertiary/aromatic N) is 2. The predicted molar refractivity (Wildman–Crippen MR) is 66.4 cm³/mol. The fourth-order valence-electron chi connectivity index (χ4n) is 1.81. The van der Waals surface area contributed by atoms with Crippen molar-refractivity contribution in [2.24, 2.45) is 7.05 Å². The van der Waals surface area contributed by atoms with Gasteiger partial charge in [0, 0.05) is 13.1 Å². The van der Waals surface area contributed by atoms with Crippen molar-refractivity contribution in [2.75, 3.05) is 0 Å². The SMILES string of the molecule is Cc1cc(Oc2ccc(C(=O)O)c(C(F)(F)F)c2)n(C)n1. The number of hydrogen-bond acceptors (Lipinski definition) is 3. The summed E-state index contributed by atoms with van der Waals surface area (Å²) in [5.74, 6) is -1.51. The van der Waals surface area contributed by atoms with E-state index >= 15 is 0 Å². The minimum absolute atomic E-state index is 0.115. The number of alkyl halides is 3. The number of carbonyl (C=O) groups is 1. The third-order valence-electron chi connectivity index (χ3n) is 2.71. The van der Waals surface area contributed by atoms with Crippen LogP contribution in [0.25, 0.3) is 0 Å². The van der Waals surface area contributed by atoms with Crippen LogP contribution in [0, 0.1) is 6.92 Å². The van der Waals surface area contributed by atoms with Crippen molar-refractivity contribution in [2.45, 2.75) is 13.1 Å². The maximum Gasteiger partial charge on any atom is 0.417 e. The summed E-state index contributed by atoms with van der Waals surface area (Å²) in [5, 5.41) is 12.8. The maximum absolute atomic E-state index is 12.9. The van der Waals surface area contributed by atoms with Crippen molar-refractivity contribution in [3.8, 4) is 11.6 Å². The van der Waals surface area contributed by atoms with Crippen LogP contribution >= 0.6 is 0 Å². The molecule has 0 aliphatic rings. The first-order valence-electron chi connectivity index (χ1n) is 5.81. The van der Waals surface area contributed by atoms with Crippen LogP contribution in [0.15, 0.2) is 24.3 Å². The van der Waals surface area contributed by atoms with Crippen molar-refractivity contribution in [3.63, 3.8) is 0 Å². The molecule has 0 atom stereocenters. The smallest absolute Gasteiger partial charge is 0.417 e. The molecule has 2 aromatic rings. The second-order valence-electron chi connectivity index (χ2n) is 4.36. The maximum atomic E-state index is 12.9. The van der Waals surface area contributed by atoms with Gasteiger partial charge in [-0.25, -0.2) is 9.48 Å². The highest BCUT2D eigenvalue weighted by Gasteiger charge is 2.35. The number of aromatic nitrogens is 2. The molecule has 0 unspecified atom stereocenters. The molecule has 8 heteroatoms. The van der Waals surface area contributed by atoms with E-state index in [2.05, 4.69) is 5.10 Å². The lowest BCUT2D eigenvalue weighted by atomic mass is 10.1. The van der Waals surface area contributed by atoms with E-state index in [1.165, 1.54) is 10.7 Å². The second-order valence-corrected chi connectivity index (χ2v) is 4.36. The van der Waals surface area contributed by atoms with Crippen LogP contribution in [0.4, 0.5) is 13.2 Å². The van der Waals surface area contributed by atoms with Crippen LogP contribution in [-0.4, -0.2) is 20.9 Å². The summed E-state index contributed by atoms with van der Waals surface area (Å²) in [5.41, 5.74) is -1.44. The number of benzene rings is 1. The molecule has 1 N–H and O–H groups in total. The zero-order valence-electron chi connectivity index (χ0n) is 11.1. The average Bonchev–Trinajstić information content (AvgIpc) is 2.66. The summed E-state index contributed by atoms with van der Waals surface area (Å²) in [6.07, 6.45) is -4.78. The first-order chi connectivity index (χ1) is 9.68. The van der Waals surface area contributed by atoms with Crippen molar-refractivity contribution >= 4 is 5.97 Å². The molecule has 0 fully saturated rings. The summed E-state index contributed by atoms with van der Waals surface area (Å²) in [6.45, 7) is 1.71. The molecule has 21 heavy (non-hydrogen) atoms. The second kappa shape index (κ2) is 5.12. The highest BCUT2D eigenvalue weighted by molar-refractivity contribution is 5.89. The molecule has 112 valence electrons. The van der Waals surface area contributed by atoms with E-state index in [-0.39, 0.29) is 11.6 Å². The molecule has 2 rings (SSSR count). The molecule has 1 aromatic heterocycles. The van der Waals surface area contributed by atoms with Crippen molar-refractivity contribution in [1.82, 2.24) is 9.78 Å². The van der Waals surface area contributed by atoms with Gasteiger partial charge in [0.1, 0.15) is 5.75 Å². The molecule has 1 aromatic carbocycles. The van der Waals surface area contributed by atoms with Gasteiger partial charge >= 0.3 is 12.1 Å². The number of aryl methyl sites for hydroxylation is 2. The van der Waals surface area contributed by atoms with Crippen LogP contribution in [0.3, 0.4) is 0 Å². The average molecular weight is 300 g/mol. The third kappa shape index (κ3) is 3.15. The Hall–Kier alpha value is -2.51. The van der Waals surface area contributed by atoms with Crippen LogP contribution < -0.4 is 4.74 Å². The zero-order chi connectivity index (χ0) is 15.8. The Balaban J connectivity index is 2.43. The van der Waals surface area contributed by atoms with E-state index in [0.29, 0.717) is 11.8 Å². The number of halogens is 3. The number of carboxylic acids is 1. The van der Waals surface area contributed by atoms with Gasteiger partial charge < -0.3 is 9.84 Å². The fraction of sp³-hybridized carbons (Fsp3) is 0.231. The number of ether oxygens (including phenoxy) is 1. The molecule has 0 saturated carbocycles. The van der Waals surface area contributed by atoms with E-state index < -0.39 is 23.3 Å². The molecule has 0 saturated heterocycles. The molecule has 0 spiro atoms. The number of hydrogen-bond donors (Lipinski definition) is 1. The molecule has 0 radical (unpaired) electrons. The van der Waals surface area contributed by atoms with Gasteiger partial charge in [0.2, 0.25) is 5.88 Å². The van der Waals surface area contributed by atoms with E-state index in [1.807, 2.05) is 0 Å². The Morgan fingerprint density at radius 2 is 2.00 bits per heavy atom. The molecule has 0 aliphatic carbocycles. The summed E-state index contributed by atoms with van der Waals surface area (Å²) in [4.78, 5) is 10.8. The summed E-state index contributed by atoms with van der Waals surface area (Å²) in [7, 11) is 1.58. The Kier molecular flexibility index (Phi) is 3.63. The Morgan fingerprint density at radius 3 is 2.48 bits per heavy atom. The number of carboxylic acid groups (broad SMARTS) is 1. The summed E-state index contributed by atoms with van der Waals surface area (Å²) in [6, 6.07) is 4.24. The highest BCUT2D eigenvalue weighted by Crippen LogP contribution is 2.35. The molecular formula is C13H11F3N2O3. The standard InChI is InChI=1S/C13H11F3N2O3/c1-7-5-11(18(2)17-7)21-8-3-4-9(12(19)20)10(6-8)13(14,15)16/h3-6H,1-2H3,(H,19,20). The van der Waals surface area contributed by atoms with Crippen molar-refractivity contribution < 1.29 is 27.8 Å². The summed E-state index contributed by atoms with van der Waals surface area (Å²) < 4.78 is 45.3. The first-order valence-corrected chi connectivity index (χ1v) is 5.81. The van der Waals surface area contributed by atoms with Crippen LogP contribution in [0.2, 0.25) is 0 Å². The molecule has 5 nitrogen and oxygen atoms in total. The first kappa shape index (κ1) is 14.9. The topological polar surface area (TPSA) is 64.3 Å². The monoisotopic (exact) mass is 300 g/mol. The Bertz CT molecular complexity index is 692. The quantitative estimate of drug-likeness (QED) is 0.945. The van der Waals surface area contributed by atoms with Gasteiger partial charge in [-0.15, -0.1) is 0 Å². The lowest BCUT2D eigenvalue weighted by molar-refractivity contribution is -0.138. The van der Waals surface area contributed by atoms with Gasteiger partial charge in [0.15, 0.2) is 0 Å². The number of aromatic carboxylic acids is 1. The predicted octanol–water partition coefficient (Wildman–Crippen LogP) is 3.24. The minimum Gasteiger partial charge on any atom is -0.478 e. The number of rotatable bonds is 3. The van der Waals surface area contributed by atoms with Crippen molar-refractivity contribution in [1.29, 1.82) is 0 Å². The van der Waals surface area contributed by atoms with Crippen LogP contribution in [-0.2, 0) is 13.2 Å². The minimum atomic E-state index is -4.78. The lowest BCUT2D eigenvalue weighted by Crippen LogP contribution is -2.13. The van der Waals surface area contributed by atoms with Crippen LogP contribution in [0.5, 0.6) is 11.6 Å². The largest absolute Gasteiger partial charge is 0.478 e. The Labute approximate surface area is 117 Å². The molecule has 0 bridgehead atoms. The van der Waals surface area contributed by atoms with Gasteiger partial charge in [0.05, 0.1) is 16.8 Å². The molecular weight excluding hydrogens is 289 g/mol. The Morgan fingerprint density at radius 1 is 1.33 bits per heavy atom. The highest BCUT2D eigenvalue weighted by atomic mass is 19.4. The van der Waals surface area contributed by atoms with E-state index in [1.54, 1.807) is 20.0 Å². The molecule has 0 amide bonds. The van der Waals surface area contributed by atoms with Gasteiger partial charge in [-0.1, -0.05) is 0 Å². The van der Waals surface area contributed by atoms with Gasteiger partial charge in [-0.2, -0.15) is 18.3 Å². The van der Waals surface area contributed by atoms with E-state index in [0.717, 1.165) is 6.07 Å². The molecule has 0 aliphatic heterocycles. The fourth-order valence-corrected chi connectivity index (χ4v) is 1.81. The summed E-state index contributed by atoms with van der Waals surface area (Å²) >= 11 is 0. The van der Waals surface area contributed by atoms with Gasteiger partial charge in [-0.3, -0.25) is 0 Å².